The summed E-state index contributed by atoms with van der Waals surface area (Å²) >= 11 is 6.67. The Morgan fingerprint density at radius 1 is 1.03 bits per heavy atom. The van der Waals surface area contributed by atoms with Gasteiger partial charge < -0.3 is 9.64 Å². The van der Waals surface area contributed by atoms with Crippen molar-refractivity contribution in [3.05, 3.63) is 93.9 Å². The molecule has 7 nitrogen and oxygen atoms in total. The maximum absolute atomic E-state index is 13.9. The van der Waals surface area contributed by atoms with Crippen LogP contribution in [0, 0.1) is 0 Å². The van der Waals surface area contributed by atoms with E-state index in [4.69, 9.17) is 21.3 Å². The Bertz CT molecular complexity index is 1370. The molecule has 2 aliphatic heterocycles. The Morgan fingerprint density at radius 2 is 1.83 bits per heavy atom. The minimum Gasteiger partial charge on any atom is -0.378 e. The molecule has 1 unspecified atom stereocenters. The van der Waals surface area contributed by atoms with E-state index in [-0.39, 0.29) is 11.9 Å². The SMILES string of the molecule is O=C(c1c2c(nc3ccccc13)CCN(C(c1ccn[nH]1)c1ccccc1Cl)C2)N1CCOCC1. The molecule has 35 heavy (non-hydrogen) atoms. The molecule has 2 aromatic heterocycles. The normalized spacial score (nSPS) is 17.3. The molecular weight excluding hydrogens is 462 g/mol. The third-order valence-corrected chi connectivity index (χ3v) is 7.31. The summed E-state index contributed by atoms with van der Waals surface area (Å²) in [6, 6.07) is 17.8. The lowest BCUT2D eigenvalue weighted by Crippen LogP contribution is -2.42. The Morgan fingerprint density at radius 3 is 2.63 bits per heavy atom. The molecule has 8 heteroatoms. The Balaban J connectivity index is 1.46. The van der Waals surface area contributed by atoms with E-state index in [1.54, 1.807) is 6.20 Å². The average molecular weight is 488 g/mol. The van der Waals surface area contributed by atoms with Crippen LogP contribution < -0.4 is 0 Å². The van der Waals surface area contributed by atoms with E-state index >= 15 is 0 Å². The number of aromatic nitrogens is 3. The molecule has 1 amide bonds. The molecule has 0 bridgehead atoms. The molecule has 0 saturated carbocycles. The number of carbonyl (C=O) groups excluding carboxylic acids is 1. The third-order valence-electron chi connectivity index (χ3n) is 6.97. The molecule has 2 aliphatic rings. The van der Waals surface area contributed by atoms with Crippen LogP contribution in [0.1, 0.15) is 38.9 Å². The van der Waals surface area contributed by atoms with Gasteiger partial charge in [-0.25, -0.2) is 0 Å². The summed E-state index contributed by atoms with van der Waals surface area (Å²) in [5, 5.41) is 8.96. The number of aromatic amines is 1. The quantitative estimate of drug-likeness (QED) is 0.466. The summed E-state index contributed by atoms with van der Waals surface area (Å²) in [4.78, 5) is 23.2. The van der Waals surface area contributed by atoms with Crippen molar-refractivity contribution in [3.8, 4) is 0 Å². The van der Waals surface area contributed by atoms with Gasteiger partial charge in [-0.1, -0.05) is 48.0 Å². The second-order valence-electron chi connectivity index (χ2n) is 8.99. The zero-order chi connectivity index (χ0) is 23.8. The number of carbonyl (C=O) groups is 1. The summed E-state index contributed by atoms with van der Waals surface area (Å²) in [6.45, 7) is 3.72. The van der Waals surface area contributed by atoms with Crippen LogP contribution in [0.15, 0.2) is 60.8 Å². The van der Waals surface area contributed by atoms with Crippen LogP contribution in [0.4, 0.5) is 0 Å². The predicted molar refractivity (Wildman–Crippen MR) is 134 cm³/mol. The Kier molecular flexibility index (Phi) is 5.98. The number of nitrogens with one attached hydrogen (secondary N) is 1. The lowest BCUT2D eigenvalue weighted by molar-refractivity contribution is 0.0302. The van der Waals surface area contributed by atoms with Gasteiger partial charge in [-0.3, -0.25) is 19.8 Å². The highest BCUT2D eigenvalue weighted by molar-refractivity contribution is 6.31. The number of ether oxygens (including phenoxy) is 1. The molecule has 4 heterocycles. The lowest BCUT2D eigenvalue weighted by atomic mass is 9.92. The van der Waals surface area contributed by atoms with Crippen molar-refractivity contribution in [1.82, 2.24) is 25.0 Å². The summed E-state index contributed by atoms with van der Waals surface area (Å²) in [7, 11) is 0. The molecule has 1 fully saturated rings. The van der Waals surface area contributed by atoms with Gasteiger partial charge in [-0.05, 0) is 23.8 Å². The molecule has 1 atom stereocenters. The molecular formula is C27H26ClN5O2. The van der Waals surface area contributed by atoms with E-state index < -0.39 is 0 Å². The van der Waals surface area contributed by atoms with Gasteiger partial charge in [-0.15, -0.1) is 0 Å². The summed E-state index contributed by atoms with van der Waals surface area (Å²) in [5.74, 6) is 0.0563. The third kappa shape index (κ3) is 4.10. The van der Waals surface area contributed by atoms with E-state index in [0.29, 0.717) is 37.9 Å². The molecule has 1 N–H and O–H groups in total. The summed E-state index contributed by atoms with van der Waals surface area (Å²) in [5.41, 5.74) is 5.61. The first-order valence-electron chi connectivity index (χ1n) is 12.0. The minimum atomic E-state index is -0.114. The first kappa shape index (κ1) is 22.2. The zero-order valence-electron chi connectivity index (χ0n) is 19.3. The van der Waals surface area contributed by atoms with E-state index in [9.17, 15) is 4.79 Å². The maximum Gasteiger partial charge on any atom is 0.255 e. The molecule has 6 rings (SSSR count). The number of H-pyrrole nitrogens is 1. The number of nitrogens with zero attached hydrogens (tertiary/aromatic N) is 4. The summed E-state index contributed by atoms with van der Waals surface area (Å²) in [6.07, 6.45) is 2.51. The van der Waals surface area contributed by atoms with Gasteiger partial charge in [-0.2, -0.15) is 5.10 Å². The molecule has 2 aromatic carbocycles. The fraction of sp³-hybridized carbons (Fsp3) is 0.296. The number of halogens is 1. The van der Waals surface area contributed by atoms with Gasteiger partial charge in [0.05, 0.1) is 36.0 Å². The van der Waals surface area contributed by atoms with Crippen molar-refractivity contribution in [2.24, 2.45) is 0 Å². The average Bonchev–Trinajstić information content (AvgIpc) is 3.43. The first-order valence-corrected chi connectivity index (χ1v) is 12.3. The minimum absolute atomic E-state index is 0.0563. The van der Waals surface area contributed by atoms with Crippen molar-refractivity contribution in [2.45, 2.75) is 19.0 Å². The Hall–Kier alpha value is -3.26. The van der Waals surface area contributed by atoms with Crippen LogP contribution in [-0.4, -0.2) is 63.7 Å². The van der Waals surface area contributed by atoms with Crippen LogP contribution in [0.2, 0.25) is 5.02 Å². The number of hydrogen-bond acceptors (Lipinski definition) is 5. The highest BCUT2D eigenvalue weighted by Gasteiger charge is 2.33. The number of amides is 1. The van der Waals surface area contributed by atoms with Crippen LogP contribution >= 0.6 is 11.6 Å². The van der Waals surface area contributed by atoms with Crippen LogP contribution in [0.25, 0.3) is 10.9 Å². The number of rotatable bonds is 4. The van der Waals surface area contributed by atoms with Crippen molar-refractivity contribution >= 4 is 28.4 Å². The summed E-state index contributed by atoms with van der Waals surface area (Å²) < 4.78 is 5.50. The van der Waals surface area contributed by atoms with Crippen LogP contribution in [0.3, 0.4) is 0 Å². The van der Waals surface area contributed by atoms with Crippen molar-refractivity contribution < 1.29 is 9.53 Å². The van der Waals surface area contributed by atoms with E-state index in [1.165, 1.54) is 0 Å². The second-order valence-corrected chi connectivity index (χ2v) is 9.40. The number of benzene rings is 2. The fourth-order valence-electron chi connectivity index (χ4n) is 5.28. The predicted octanol–water partition coefficient (Wildman–Crippen LogP) is 4.23. The molecule has 1 saturated heterocycles. The van der Waals surface area contributed by atoms with Crippen molar-refractivity contribution in [2.75, 3.05) is 32.8 Å². The van der Waals surface area contributed by atoms with Gasteiger partial charge in [0, 0.05) is 60.5 Å². The number of pyridine rings is 1. The molecule has 0 spiro atoms. The van der Waals surface area contributed by atoms with Crippen LogP contribution in [0.5, 0.6) is 0 Å². The van der Waals surface area contributed by atoms with E-state index in [1.807, 2.05) is 53.4 Å². The number of hydrogen-bond donors (Lipinski definition) is 1. The van der Waals surface area contributed by atoms with Gasteiger partial charge in [0.15, 0.2) is 0 Å². The van der Waals surface area contributed by atoms with Gasteiger partial charge in [0.2, 0.25) is 0 Å². The zero-order valence-corrected chi connectivity index (χ0v) is 20.0. The van der Waals surface area contributed by atoms with Gasteiger partial charge in [0.1, 0.15) is 0 Å². The highest BCUT2D eigenvalue weighted by atomic mass is 35.5. The second kappa shape index (κ2) is 9.41. The monoisotopic (exact) mass is 487 g/mol. The van der Waals surface area contributed by atoms with Crippen molar-refractivity contribution in [3.63, 3.8) is 0 Å². The van der Waals surface area contributed by atoms with Crippen LogP contribution in [-0.2, 0) is 17.7 Å². The van der Waals surface area contributed by atoms with Gasteiger partial charge >= 0.3 is 0 Å². The number of para-hydroxylation sites is 1. The molecule has 0 radical (unpaired) electrons. The molecule has 0 aliphatic carbocycles. The number of fused-ring (bicyclic) bond motifs is 2. The van der Waals surface area contributed by atoms with E-state index in [2.05, 4.69) is 21.2 Å². The lowest BCUT2D eigenvalue weighted by Gasteiger charge is -2.37. The van der Waals surface area contributed by atoms with E-state index in [0.717, 1.165) is 51.9 Å². The molecule has 4 aromatic rings. The maximum atomic E-state index is 13.9. The van der Waals surface area contributed by atoms with Crippen molar-refractivity contribution in [1.29, 1.82) is 0 Å². The highest BCUT2D eigenvalue weighted by Crippen LogP contribution is 2.37. The Labute approximate surface area is 208 Å². The molecule has 178 valence electrons. The fourth-order valence-corrected chi connectivity index (χ4v) is 5.52. The first-order chi connectivity index (χ1) is 17.2. The largest absolute Gasteiger partial charge is 0.378 e. The standard InChI is InChI=1S/C27H26ClN5O2/c28-21-7-3-1-5-18(21)26(24-9-11-29-31-24)33-12-10-23-20(17-33)25(19-6-2-4-8-22(19)30-23)27(34)32-13-15-35-16-14-32/h1-9,11,26H,10,12-17H2,(H,29,31). The van der Waals surface area contributed by atoms with Gasteiger partial charge in [0.25, 0.3) is 5.91 Å². The smallest absolute Gasteiger partial charge is 0.255 e. The topological polar surface area (TPSA) is 74.4 Å². The number of morpholine rings is 1.